The van der Waals surface area contributed by atoms with Crippen LogP contribution in [0.2, 0.25) is 0 Å². The van der Waals surface area contributed by atoms with Gasteiger partial charge in [0.05, 0.1) is 6.17 Å². The standard InChI is InChI=1S/C4H9F.CH5N/c1-3-4(2)5;1-2/h4H,3H2,1-2H3;2H2,1H3. The van der Waals surface area contributed by atoms with Crippen molar-refractivity contribution in [1.82, 2.24) is 0 Å². The van der Waals surface area contributed by atoms with E-state index in [0.717, 1.165) is 0 Å². The van der Waals surface area contributed by atoms with Crippen molar-refractivity contribution < 1.29 is 4.39 Å². The SMILES string of the molecule is CCC(C)F.CN. The Kier molecular flexibility index (Phi) is 13.3. The molecule has 0 aliphatic rings. The van der Waals surface area contributed by atoms with Crippen LogP contribution in [0, 0.1) is 0 Å². The van der Waals surface area contributed by atoms with Crippen LogP contribution >= 0.6 is 0 Å². The number of rotatable bonds is 1. The summed E-state index contributed by atoms with van der Waals surface area (Å²) in [6.45, 7) is 3.38. The Morgan fingerprint density at radius 1 is 1.57 bits per heavy atom. The second-order valence-corrected chi connectivity index (χ2v) is 1.19. The third-order valence-corrected chi connectivity index (χ3v) is 0.563. The molecule has 0 saturated heterocycles. The van der Waals surface area contributed by atoms with Crippen molar-refractivity contribution in [3.63, 3.8) is 0 Å². The van der Waals surface area contributed by atoms with Crippen molar-refractivity contribution in [2.75, 3.05) is 7.05 Å². The van der Waals surface area contributed by atoms with Crippen molar-refractivity contribution in [1.29, 1.82) is 0 Å². The van der Waals surface area contributed by atoms with Gasteiger partial charge in [-0.05, 0) is 20.4 Å². The molecule has 0 aromatic carbocycles. The largest absolute Gasteiger partial charge is 0.333 e. The molecule has 1 unspecified atom stereocenters. The van der Waals surface area contributed by atoms with E-state index in [1.165, 1.54) is 7.05 Å². The second kappa shape index (κ2) is 9.31. The van der Waals surface area contributed by atoms with Gasteiger partial charge in [0.1, 0.15) is 0 Å². The average molecular weight is 107 g/mol. The first kappa shape index (κ1) is 10.00. The van der Waals surface area contributed by atoms with Crippen LogP contribution in [-0.4, -0.2) is 13.2 Å². The Morgan fingerprint density at radius 3 is 1.71 bits per heavy atom. The number of halogens is 1. The van der Waals surface area contributed by atoms with E-state index in [4.69, 9.17) is 0 Å². The lowest BCUT2D eigenvalue weighted by Crippen LogP contribution is -1.83. The Balaban J connectivity index is 0. The highest BCUT2D eigenvalue weighted by atomic mass is 19.1. The summed E-state index contributed by atoms with van der Waals surface area (Å²) in [5, 5.41) is 0. The maximum atomic E-state index is 11.4. The molecule has 46 valence electrons. The lowest BCUT2D eigenvalue weighted by molar-refractivity contribution is 0.352. The Labute approximate surface area is 44.7 Å². The number of nitrogens with two attached hydrogens (primary N) is 1. The summed E-state index contributed by atoms with van der Waals surface area (Å²) in [5.41, 5.74) is 4.50. The Bertz CT molecular complexity index is 22.0. The number of alkyl halides is 1. The van der Waals surface area contributed by atoms with Gasteiger partial charge in [-0.3, -0.25) is 0 Å². The molecule has 1 atom stereocenters. The molecular formula is C5H14FN. The molecule has 0 spiro atoms. The van der Waals surface area contributed by atoms with Gasteiger partial charge in [-0.15, -0.1) is 0 Å². The van der Waals surface area contributed by atoms with Crippen LogP contribution in [0.1, 0.15) is 20.3 Å². The van der Waals surface area contributed by atoms with Crippen LogP contribution < -0.4 is 5.73 Å². The topological polar surface area (TPSA) is 26.0 Å². The van der Waals surface area contributed by atoms with Crippen LogP contribution in [-0.2, 0) is 0 Å². The minimum Gasteiger partial charge on any atom is -0.333 e. The van der Waals surface area contributed by atoms with Crippen molar-refractivity contribution in [2.24, 2.45) is 5.73 Å². The highest BCUT2D eigenvalue weighted by Gasteiger charge is 1.85. The van der Waals surface area contributed by atoms with E-state index in [1.54, 1.807) is 6.92 Å². The minimum absolute atomic E-state index is 0.616. The fourth-order valence-corrected chi connectivity index (χ4v) is 0. The molecule has 0 bridgehead atoms. The molecule has 0 saturated carbocycles. The van der Waals surface area contributed by atoms with E-state index in [1.807, 2.05) is 6.92 Å². The first-order valence-electron chi connectivity index (χ1n) is 2.49. The highest BCUT2D eigenvalue weighted by Crippen LogP contribution is 1.90. The predicted octanol–water partition coefficient (Wildman–Crippen LogP) is 1.33. The van der Waals surface area contributed by atoms with Gasteiger partial charge in [0.2, 0.25) is 0 Å². The average Bonchev–Trinajstić information content (AvgIpc) is 1.73. The van der Waals surface area contributed by atoms with Crippen LogP contribution in [0.15, 0.2) is 0 Å². The maximum absolute atomic E-state index is 11.4. The molecule has 0 fully saturated rings. The van der Waals surface area contributed by atoms with Crippen molar-refractivity contribution in [2.45, 2.75) is 26.4 Å². The zero-order valence-electron chi connectivity index (χ0n) is 5.24. The van der Waals surface area contributed by atoms with E-state index in [2.05, 4.69) is 5.73 Å². The van der Waals surface area contributed by atoms with Gasteiger partial charge in [0, 0.05) is 0 Å². The molecule has 0 aromatic rings. The zero-order valence-corrected chi connectivity index (χ0v) is 5.24. The van der Waals surface area contributed by atoms with Crippen LogP contribution in [0.3, 0.4) is 0 Å². The fraction of sp³-hybridized carbons (Fsp3) is 1.00. The van der Waals surface area contributed by atoms with Crippen LogP contribution in [0.25, 0.3) is 0 Å². The quantitative estimate of drug-likeness (QED) is 0.537. The predicted molar refractivity (Wildman–Crippen MR) is 31.0 cm³/mol. The molecule has 7 heavy (non-hydrogen) atoms. The lowest BCUT2D eigenvalue weighted by atomic mass is 10.4. The summed E-state index contributed by atoms with van der Waals surface area (Å²) in [6.07, 6.45) is 0.0231. The van der Waals surface area contributed by atoms with E-state index in [-0.39, 0.29) is 0 Å². The molecule has 0 rings (SSSR count). The molecule has 0 heterocycles. The third kappa shape index (κ3) is 25.0. The summed E-state index contributed by atoms with van der Waals surface area (Å²) in [7, 11) is 1.50. The number of hydrogen-bond donors (Lipinski definition) is 1. The van der Waals surface area contributed by atoms with E-state index >= 15 is 0 Å². The minimum atomic E-state index is -0.616. The lowest BCUT2D eigenvalue weighted by Gasteiger charge is -1.86. The van der Waals surface area contributed by atoms with Gasteiger partial charge < -0.3 is 5.73 Å². The number of hydrogen-bond acceptors (Lipinski definition) is 1. The summed E-state index contributed by atoms with van der Waals surface area (Å²) < 4.78 is 11.4. The Hall–Kier alpha value is -0.110. The van der Waals surface area contributed by atoms with E-state index in [0.29, 0.717) is 6.42 Å². The Morgan fingerprint density at radius 2 is 1.71 bits per heavy atom. The monoisotopic (exact) mass is 107 g/mol. The van der Waals surface area contributed by atoms with Crippen molar-refractivity contribution in [3.8, 4) is 0 Å². The van der Waals surface area contributed by atoms with E-state index in [9.17, 15) is 4.39 Å². The summed E-state index contributed by atoms with van der Waals surface area (Å²) >= 11 is 0. The fourth-order valence-electron chi connectivity index (χ4n) is 0. The summed E-state index contributed by atoms with van der Waals surface area (Å²) in [5.74, 6) is 0. The molecule has 0 radical (unpaired) electrons. The van der Waals surface area contributed by atoms with Gasteiger partial charge in [-0.25, -0.2) is 4.39 Å². The molecule has 2 heteroatoms. The first-order valence-corrected chi connectivity index (χ1v) is 2.49. The molecule has 2 N–H and O–H groups in total. The van der Waals surface area contributed by atoms with Crippen LogP contribution in [0.5, 0.6) is 0 Å². The molecule has 0 aliphatic carbocycles. The summed E-state index contributed by atoms with van der Waals surface area (Å²) in [6, 6.07) is 0. The molecule has 0 aromatic heterocycles. The molecule has 0 amide bonds. The van der Waals surface area contributed by atoms with Gasteiger partial charge in [0.15, 0.2) is 0 Å². The molecule has 0 aliphatic heterocycles. The van der Waals surface area contributed by atoms with Gasteiger partial charge in [-0.1, -0.05) is 6.92 Å². The summed E-state index contributed by atoms with van der Waals surface area (Å²) in [4.78, 5) is 0. The van der Waals surface area contributed by atoms with E-state index < -0.39 is 6.17 Å². The van der Waals surface area contributed by atoms with Crippen molar-refractivity contribution in [3.05, 3.63) is 0 Å². The normalized spacial score (nSPS) is 11.6. The molecular weight excluding hydrogens is 93.1 g/mol. The third-order valence-electron chi connectivity index (χ3n) is 0.563. The molecule has 1 nitrogen and oxygen atoms in total. The maximum Gasteiger partial charge on any atom is 0.0971 e. The first-order chi connectivity index (χ1) is 3.27. The highest BCUT2D eigenvalue weighted by molar-refractivity contribution is 4.35. The smallest absolute Gasteiger partial charge is 0.0971 e. The van der Waals surface area contributed by atoms with Gasteiger partial charge in [0.25, 0.3) is 0 Å². The van der Waals surface area contributed by atoms with Crippen LogP contribution in [0.4, 0.5) is 4.39 Å². The van der Waals surface area contributed by atoms with Gasteiger partial charge in [-0.2, -0.15) is 0 Å². The van der Waals surface area contributed by atoms with Gasteiger partial charge >= 0.3 is 0 Å². The zero-order chi connectivity index (χ0) is 6.28. The second-order valence-electron chi connectivity index (χ2n) is 1.19. The van der Waals surface area contributed by atoms with Crippen molar-refractivity contribution >= 4 is 0 Å².